The largest absolute Gasteiger partial charge is 0.341 e. The van der Waals surface area contributed by atoms with Gasteiger partial charge in [0.2, 0.25) is 5.91 Å². The molecule has 4 nitrogen and oxygen atoms in total. The van der Waals surface area contributed by atoms with Gasteiger partial charge in [0.25, 0.3) is 0 Å². The SMILES string of the molecule is CNC1CCCN(CC2CCN(C(C)C)C2)C1=O. The van der Waals surface area contributed by atoms with Gasteiger partial charge in [-0.3, -0.25) is 4.79 Å². The standard InChI is InChI=1S/C14H27N3O/c1-11(2)16-8-6-12(9-16)10-17-7-4-5-13(15-3)14(17)18/h11-13,15H,4-10H2,1-3H3. The molecule has 2 saturated heterocycles. The summed E-state index contributed by atoms with van der Waals surface area (Å²) < 4.78 is 0. The van der Waals surface area contributed by atoms with E-state index in [2.05, 4.69) is 29.0 Å². The quantitative estimate of drug-likeness (QED) is 0.809. The van der Waals surface area contributed by atoms with Crippen LogP contribution in [-0.4, -0.2) is 61.0 Å². The van der Waals surface area contributed by atoms with E-state index >= 15 is 0 Å². The molecule has 2 unspecified atom stereocenters. The highest BCUT2D eigenvalue weighted by Crippen LogP contribution is 2.21. The minimum absolute atomic E-state index is 0.0568. The van der Waals surface area contributed by atoms with Gasteiger partial charge in [0.05, 0.1) is 6.04 Å². The molecule has 0 saturated carbocycles. The van der Waals surface area contributed by atoms with Crippen LogP contribution in [0.5, 0.6) is 0 Å². The van der Waals surface area contributed by atoms with Crippen molar-refractivity contribution in [2.45, 2.75) is 45.2 Å². The average molecular weight is 253 g/mol. The number of amides is 1. The molecule has 2 atom stereocenters. The molecule has 18 heavy (non-hydrogen) atoms. The van der Waals surface area contributed by atoms with Crippen molar-refractivity contribution in [1.29, 1.82) is 0 Å². The van der Waals surface area contributed by atoms with Crippen LogP contribution in [0.1, 0.15) is 33.1 Å². The maximum atomic E-state index is 12.2. The Labute approximate surface area is 111 Å². The third kappa shape index (κ3) is 3.04. The van der Waals surface area contributed by atoms with Gasteiger partial charge >= 0.3 is 0 Å². The summed E-state index contributed by atoms with van der Waals surface area (Å²) >= 11 is 0. The minimum atomic E-state index is 0.0568. The highest BCUT2D eigenvalue weighted by atomic mass is 16.2. The van der Waals surface area contributed by atoms with Crippen LogP contribution in [0.15, 0.2) is 0 Å². The Bertz CT molecular complexity index is 293. The van der Waals surface area contributed by atoms with E-state index < -0.39 is 0 Å². The number of carbonyl (C=O) groups is 1. The number of piperidine rings is 1. The van der Waals surface area contributed by atoms with Crippen molar-refractivity contribution in [1.82, 2.24) is 15.1 Å². The first-order chi connectivity index (χ1) is 8.61. The van der Waals surface area contributed by atoms with Crippen LogP contribution in [0.3, 0.4) is 0 Å². The lowest BCUT2D eigenvalue weighted by molar-refractivity contribution is -0.136. The first-order valence-corrected chi connectivity index (χ1v) is 7.32. The number of carbonyl (C=O) groups excluding carboxylic acids is 1. The Morgan fingerprint density at radius 3 is 2.72 bits per heavy atom. The van der Waals surface area contributed by atoms with E-state index in [1.807, 2.05) is 7.05 Å². The number of nitrogens with one attached hydrogen (secondary N) is 1. The molecular formula is C14H27N3O. The van der Waals surface area contributed by atoms with Crippen molar-refractivity contribution < 1.29 is 4.79 Å². The molecule has 0 bridgehead atoms. The van der Waals surface area contributed by atoms with Gasteiger partial charge in [-0.2, -0.15) is 0 Å². The first kappa shape index (κ1) is 13.8. The number of nitrogens with zero attached hydrogens (tertiary/aromatic N) is 2. The fraction of sp³-hybridized carbons (Fsp3) is 0.929. The molecule has 0 spiro atoms. The van der Waals surface area contributed by atoms with Crippen molar-refractivity contribution in [2.24, 2.45) is 5.92 Å². The van der Waals surface area contributed by atoms with Crippen LogP contribution < -0.4 is 5.32 Å². The molecule has 2 rings (SSSR count). The molecule has 2 heterocycles. The monoisotopic (exact) mass is 253 g/mol. The van der Waals surface area contributed by atoms with E-state index in [4.69, 9.17) is 0 Å². The summed E-state index contributed by atoms with van der Waals surface area (Å²) in [5, 5.41) is 3.13. The van der Waals surface area contributed by atoms with E-state index in [0.29, 0.717) is 17.9 Å². The van der Waals surface area contributed by atoms with E-state index in [9.17, 15) is 4.79 Å². The molecule has 1 N–H and O–H groups in total. The van der Waals surface area contributed by atoms with Gasteiger partial charge in [0.15, 0.2) is 0 Å². The molecule has 0 aromatic carbocycles. The van der Waals surface area contributed by atoms with Crippen LogP contribution in [0.2, 0.25) is 0 Å². The van der Waals surface area contributed by atoms with Crippen LogP contribution in [0.25, 0.3) is 0 Å². The van der Waals surface area contributed by atoms with E-state index in [-0.39, 0.29) is 6.04 Å². The van der Waals surface area contributed by atoms with Crippen molar-refractivity contribution in [3.05, 3.63) is 0 Å². The van der Waals surface area contributed by atoms with Crippen molar-refractivity contribution >= 4 is 5.91 Å². The molecular weight excluding hydrogens is 226 g/mol. The normalized spacial score (nSPS) is 30.4. The summed E-state index contributed by atoms with van der Waals surface area (Å²) in [6, 6.07) is 0.693. The van der Waals surface area contributed by atoms with Crippen LogP contribution >= 0.6 is 0 Å². The van der Waals surface area contributed by atoms with E-state index in [1.54, 1.807) is 0 Å². The molecule has 4 heteroatoms. The lowest BCUT2D eigenvalue weighted by Gasteiger charge is -2.34. The molecule has 2 aliphatic rings. The molecule has 0 aromatic heterocycles. The molecule has 0 aromatic rings. The number of likely N-dealkylation sites (tertiary alicyclic amines) is 2. The summed E-state index contributed by atoms with van der Waals surface area (Å²) in [7, 11) is 1.89. The number of likely N-dealkylation sites (N-methyl/N-ethyl adjacent to an activating group) is 1. The third-order valence-electron chi connectivity index (χ3n) is 4.41. The molecule has 0 aliphatic carbocycles. The Hall–Kier alpha value is -0.610. The number of rotatable bonds is 4. The second-order valence-corrected chi connectivity index (χ2v) is 6.01. The van der Waals surface area contributed by atoms with Crippen LogP contribution in [-0.2, 0) is 4.79 Å². The molecule has 2 fully saturated rings. The zero-order chi connectivity index (χ0) is 13.1. The van der Waals surface area contributed by atoms with Gasteiger partial charge in [-0.25, -0.2) is 0 Å². The predicted octanol–water partition coefficient (Wildman–Crippen LogP) is 0.927. The average Bonchev–Trinajstić information content (AvgIpc) is 2.80. The highest BCUT2D eigenvalue weighted by Gasteiger charge is 2.31. The smallest absolute Gasteiger partial charge is 0.239 e. The van der Waals surface area contributed by atoms with Crippen molar-refractivity contribution in [3.63, 3.8) is 0 Å². The summed E-state index contributed by atoms with van der Waals surface area (Å²) in [4.78, 5) is 16.8. The number of hydrogen-bond acceptors (Lipinski definition) is 3. The molecule has 0 radical (unpaired) electrons. The van der Waals surface area contributed by atoms with Gasteiger partial charge in [-0.05, 0) is 52.6 Å². The lowest BCUT2D eigenvalue weighted by atomic mass is 10.0. The maximum Gasteiger partial charge on any atom is 0.239 e. The zero-order valence-electron chi connectivity index (χ0n) is 12.0. The topological polar surface area (TPSA) is 35.6 Å². The molecule has 2 aliphatic heterocycles. The second-order valence-electron chi connectivity index (χ2n) is 6.01. The summed E-state index contributed by atoms with van der Waals surface area (Å²) in [5.41, 5.74) is 0. The van der Waals surface area contributed by atoms with Gasteiger partial charge in [-0.1, -0.05) is 0 Å². The van der Waals surface area contributed by atoms with Crippen LogP contribution in [0.4, 0.5) is 0 Å². The Morgan fingerprint density at radius 1 is 1.33 bits per heavy atom. The van der Waals surface area contributed by atoms with Gasteiger partial charge in [-0.15, -0.1) is 0 Å². The maximum absolute atomic E-state index is 12.2. The Kier molecular flexibility index (Phi) is 4.62. The van der Waals surface area contributed by atoms with Gasteiger partial charge in [0.1, 0.15) is 0 Å². The fourth-order valence-corrected chi connectivity index (χ4v) is 3.18. The Morgan fingerprint density at radius 2 is 2.11 bits per heavy atom. The third-order valence-corrected chi connectivity index (χ3v) is 4.41. The Balaban J connectivity index is 1.84. The molecule has 1 amide bonds. The lowest BCUT2D eigenvalue weighted by Crippen LogP contribution is -2.51. The fourth-order valence-electron chi connectivity index (χ4n) is 3.18. The molecule has 104 valence electrons. The minimum Gasteiger partial charge on any atom is -0.341 e. The summed E-state index contributed by atoms with van der Waals surface area (Å²) in [6.45, 7) is 8.78. The first-order valence-electron chi connectivity index (χ1n) is 7.32. The van der Waals surface area contributed by atoms with Crippen molar-refractivity contribution in [3.8, 4) is 0 Å². The van der Waals surface area contributed by atoms with Gasteiger partial charge < -0.3 is 15.1 Å². The van der Waals surface area contributed by atoms with Crippen molar-refractivity contribution in [2.75, 3.05) is 33.2 Å². The summed E-state index contributed by atoms with van der Waals surface area (Å²) in [6.07, 6.45) is 3.37. The number of hydrogen-bond donors (Lipinski definition) is 1. The summed E-state index contributed by atoms with van der Waals surface area (Å²) in [5.74, 6) is 0.985. The second kappa shape index (κ2) is 6.02. The zero-order valence-corrected chi connectivity index (χ0v) is 12.0. The van der Waals surface area contributed by atoms with Crippen LogP contribution in [0, 0.1) is 5.92 Å². The van der Waals surface area contributed by atoms with E-state index in [1.165, 1.54) is 13.0 Å². The predicted molar refractivity (Wildman–Crippen MR) is 73.5 cm³/mol. The highest BCUT2D eigenvalue weighted by molar-refractivity contribution is 5.82. The van der Waals surface area contributed by atoms with Gasteiger partial charge in [0, 0.05) is 25.7 Å². The van der Waals surface area contributed by atoms with E-state index in [0.717, 1.165) is 32.5 Å².